The quantitative estimate of drug-likeness (QED) is 0.802. The predicted molar refractivity (Wildman–Crippen MR) is 100.0 cm³/mol. The Morgan fingerprint density at radius 3 is 2.58 bits per heavy atom. The van der Waals surface area contributed by atoms with Crippen molar-refractivity contribution in [2.75, 3.05) is 33.3 Å². The highest BCUT2D eigenvalue weighted by Gasteiger charge is 2.22. The molecule has 1 heterocycles. The van der Waals surface area contributed by atoms with Gasteiger partial charge in [0.15, 0.2) is 0 Å². The zero-order valence-corrected chi connectivity index (χ0v) is 15.5. The fourth-order valence-corrected chi connectivity index (χ4v) is 3.35. The molecule has 6 heteroatoms. The molecule has 2 aromatic carbocycles. The Morgan fingerprint density at radius 1 is 1.15 bits per heavy atom. The molecule has 0 saturated carbocycles. The van der Waals surface area contributed by atoms with Crippen LogP contribution in [0.3, 0.4) is 0 Å². The van der Waals surface area contributed by atoms with Crippen LogP contribution in [-0.4, -0.2) is 49.0 Å². The molecule has 26 heavy (non-hydrogen) atoms. The van der Waals surface area contributed by atoms with Crippen LogP contribution < -0.4 is 4.74 Å². The van der Waals surface area contributed by atoms with Crippen molar-refractivity contribution in [3.63, 3.8) is 0 Å². The molecule has 0 spiro atoms. The molecule has 0 aliphatic carbocycles. The summed E-state index contributed by atoms with van der Waals surface area (Å²) in [4.78, 5) is 16.5. The summed E-state index contributed by atoms with van der Waals surface area (Å²) in [5.74, 6) is 0.567. The van der Waals surface area contributed by atoms with Crippen LogP contribution in [0.4, 0.5) is 4.39 Å². The molecule has 2 aromatic rings. The molecule has 3 rings (SSSR count). The lowest BCUT2D eigenvalue weighted by Gasteiger charge is -2.35. The molecular formula is C20H22ClFN2O2. The van der Waals surface area contributed by atoms with E-state index in [1.807, 2.05) is 29.2 Å². The average Bonchev–Trinajstić information content (AvgIpc) is 2.65. The molecule has 138 valence electrons. The Bertz CT molecular complexity index is 756. The van der Waals surface area contributed by atoms with E-state index < -0.39 is 0 Å². The van der Waals surface area contributed by atoms with Gasteiger partial charge in [0.25, 0.3) is 0 Å². The lowest BCUT2D eigenvalue weighted by Crippen LogP contribution is -2.48. The van der Waals surface area contributed by atoms with Crippen molar-refractivity contribution >= 4 is 17.5 Å². The number of hydrogen-bond donors (Lipinski definition) is 0. The summed E-state index contributed by atoms with van der Waals surface area (Å²) in [7, 11) is 1.61. The van der Waals surface area contributed by atoms with Crippen molar-refractivity contribution in [1.29, 1.82) is 0 Å². The number of methoxy groups -OCH3 is 1. The third-order valence-corrected chi connectivity index (χ3v) is 5.01. The molecule has 0 unspecified atom stereocenters. The number of carbonyl (C=O) groups excluding carboxylic acids is 1. The zero-order chi connectivity index (χ0) is 18.5. The summed E-state index contributed by atoms with van der Waals surface area (Å²) in [5, 5.41) is 0.446. The van der Waals surface area contributed by atoms with E-state index in [4.69, 9.17) is 16.3 Å². The van der Waals surface area contributed by atoms with E-state index in [0.29, 0.717) is 49.7 Å². The van der Waals surface area contributed by atoms with E-state index in [-0.39, 0.29) is 11.7 Å². The van der Waals surface area contributed by atoms with E-state index in [2.05, 4.69) is 4.90 Å². The van der Waals surface area contributed by atoms with Crippen LogP contribution in [0.1, 0.15) is 11.1 Å². The molecule has 4 nitrogen and oxygen atoms in total. The Labute approximate surface area is 158 Å². The highest BCUT2D eigenvalue weighted by Crippen LogP contribution is 2.21. The Hall–Kier alpha value is -2.11. The van der Waals surface area contributed by atoms with Crippen LogP contribution in [0.25, 0.3) is 0 Å². The second-order valence-corrected chi connectivity index (χ2v) is 6.79. The zero-order valence-electron chi connectivity index (χ0n) is 14.8. The van der Waals surface area contributed by atoms with Gasteiger partial charge in [-0.3, -0.25) is 9.69 Å². The van der Waals surface area contributed by atoms with Crippen LogP contribution in [0.2, 0.25) is 5.02 Å². The summed E-state index contributed by atoms with van der Waals surface area (Å²) in [6.45, 7) is 3.14. The van der Waals surface area contributed by atoms with Crippen LogP contribution in [0, 0.1) is 5.82 Å². The first-order chi connectivity index (χ1) is 12.6. The number of carbonyl (C=O) groups is 1. The number of benzene rings is 2. The van der Waals surface area contributed by atoms with Crippen LogP contribution >= 0.6 is 11.6 Å². The lowest BCUT2D eigenvalue weighted by molar-refractivity contribution is -0.132. The first-order valence-electron chi connectivity index (χ1n) is 8.63. The molecule has 0 N–H and O–H groups in total. The first-order valence-corrected chi connectivity index (χ1v) is 9.00. The molecular weight excluding hydrogens is 355 g/mol. The molecule has 1 fully saturated rings. The number of piperazine rings is 1. The van der Waals surface area contributed by atoms with Gasteiger partial charge in [-0.25, -0.2) is 4.39 Å². The highest BCUT2D eigenvalue weighted by molar-refractivity contribution is 6.31. The highest BCUT2D eigenvalue weighted by atomic mass is 35.5. The number of hydrogen-bond acceptors (Lipinski definition) is 3. The van der Waals surface area contributed by atoms with E-state index in [0.717, 1.165) is 11.3 Å². The molecule has 1 amide bonds. The van der Waals surface area contributed by atoms with Gasteiger partial charge >= 0.3 is 0 Å². The SMILES string of the molecule is COc1cccc(CC(=O)N2CCN(Cc3c(F)cccc3Cl)CC2)c1. The average molecular weight is 377 g/mol. The van der Waals surface area contributed by atoms with Crippen molar-refractivity contribution < 1.29 is 13.9 Å². The van der Waals surface area contributed by atoms with Gasteiger partial charge in [0.1, 0.15) is 11.6 Å². The largest absolute Gasteiger partial charge is 0.497 e. The van der Waals surface area contributed by atoms with Gasteiger partial charge in [0.2, 0.25) is 5.91 Å². The molecule has 0 aromatic heterocycles. The second kappa shape index (κ2) is 8.52. The molecule has 0 atom stereocenters. The summed E-state index contributed by atoms with van der Waals surface area (Å²) >= 11 is 6.10. The monoisotopic (exact) mass is 376 g/mol. The first kappa shape index (κ1) is 18.7. The second-order valence-electron chi connectivity index (χ2n) is 6.39. The Balaban J connectivity index is 1.54. The third-order valence-electron chi connectivity index (χ3n) is 4.66. The summed E-state index contributed by atoms with van der Waals surface area (Å²) in [5.41, 5.74) is 1.46. The van der Waals surface area contributed by atoms with Crippen LogP contribution in [0.15, 0.2) is 42.5 Å². The fraction of sp³-hybridized carbons (Fsp3) is 0.350. The summed E-state index contributed by atoms with van der Waals surface area (Å²) in [6.07, 6.45) is 0.357. The van der Waals surface area contributed by atoms with Gasteiger partial charge in [0, 0.05) is 43.3 Å². The van der Waals surface area contributed by atoms with Gasteiger partial charge in [-0.2, -0.15) is 0 Å². The number of ether oxygens (including phenoxy) is 1. The van der Waals surface area contributed by atoms with Gasteiger partial charge in [-0.1, -0.05) is 29.8 Å². The number of amides is 1. The smallest absolute Gasteiger partial charge is 0.227 e. The minimum absolute atomic E-state index is 0.0989. The van der Waals surface area contributed by atoms with E-state index in [1.165, 1.54) is 6.07 Å². The van der Waals surface area contributed by atoms with Crippen LogP contribution in [0.5, 0.6) is 5.75 Å². The summed E-state index contributed by atoms with van der Waals surface area (Å²) < 4.78 is 19.1. The van der Waals surface area contributed by atoms with Gasteiger partial charge in [-0.05, 0) is 29.8 Å². The van der Waals surface area contributed by atoms with Crippen LogP contribution in [-0.2, 0) is 17.8 Å². The number of nitrogens with zero attached hydrogens (tertiary/aromatic N) is 2. The van der Waals surface area contributed by atoms with Crippen molar-refractivity contribution in [3.05, 3.63) is 64.4 Å². The fourth-order valence-electron chi connectivity index (χ4n) is 3.13. The molecule has 1 aliphatic rings. The minimum Gasteiger partial charge on any atom is -0.497 e. The molecule has 0 radical (unpaired) electrons. The number of halogens is 2. The van der Waals surface area contributed by atoms with E-state index in [1.54, 1.807) is 19.2 Å². The van der Waals surface area contributed by atoms with Gasteiger partial charge < -0.3 is 9.64 Å². The lowest BCUT2D eigenvalue weighted by atomic mass is 10.1. The maximum atomic E-state index is 13.9. The molecule has 0 bridgehead atoms. The van der Waals surface area contributed by atoms with Gasteiger partial charge in [-0.15, -0.1) is 0 Å². The Morgan fingerprint density at radius 2 is 1.88 bits per heavy atom. The van der Waals surface area contributed by atoms with E-state index in [9.17, 15) is 9.18 Å². The number of rotatable bonds is 5. The van der Waals surface area contributed by atoms with Crippen molar-refractivity contribution in [1.82, 2.24) is 9.80 Å². The maximum Gasteiger partial charge on any atom is 0.227 e. The van der Waals surface area contributed by atoms with Crippen molar-refractivity contribution in [3.8, 4) is 5.75 Å². The van der Waals surface area contributed by atoms with Crippen molar-refractivity contribution in [2.24, 2.45) is 0 Å². The maximum absolute atomic E-state index is 13.9. The van der Waals surface area contributed by atoms with E-state index >= 15 is 0 Å². The predicted octanol–water partition coefficient (Wildman–Crippen LogP) is 3.37. The topological polar surface area (TPSA) is 32.8 Å². The van der Waals surface area contributed by atoms with Crippen molar-refractivity contribution in [2.45, 2.75) is 13.0 Å². The van der Waals surface area contributed by atoms with Gasteiger partial charge in [0.05, 0.1) is 13.5 Å². The standard InChI is InChI=1S/C20H22ClFN2O2/c1-26-16-5-2-4-15(12-16)13-20(25)24-10-8-23(9-11-24)14-17-18(21)6-3-7-19(17)22/h2-7,12H,8-11,13-14H2,1H3. The minimum atomic E-state index is -0.283. The normalized spacial score (nSPS) is 15.1. The molecule has 1 aliphatic heterocycles. The third kappa shape index (κ3) is 4.54. The molecule has 1 saturated heterocycles. The summed E-state index contributed by atoms with van der Waals surface area (Å²) in [6, 6.07) is 12.3. The Kier molecular flexibility index (Phi) is 6.12.